The van der Waals surface area contributed by atoms with Gasteiger partial charge in [0, 0.05) is 11.1 Å². The zero-order chi connectivity index (χ0) is 30.2. The highest BCUT2D eigenvalue weighted by molar-refractivity contribution is 8.00. The lowest BCUT2D eigenvalue weighted by atomic mass is 9.98. The van der Waals surface area contributed by atoms with Gasteiger partial charge in [-0.05, 0) is 42.3 Å². The van der Waals surface area contributed by atoms with E-state index in [0.717, 1.165) is 5.56 Å². The Hall–Kier alpha value is -5.01. The van der Waals surface area contributed by atoms with E-state index in [1.165, 1.54) is 33.1 Å². The van der Waals surface area contributed by atoms with Crippen LogP contribution in [0.5, 0.6) is 17.2 Å². The number of hydrogen-bond acceptors (Lipinski definition) is 8. The number of methoxy groups -OCH3 is 3. The van der Waals surface area contributed by atoms with Crippen LogP contribution in [0.15, 0.2) is 77.8 Å². The summed E-state index contributed by atoms with van der Waals surface area (Å²) in [7, 11) is 4.57. The number of nitrogens with zero attached hydrogens (tertiary/aromatic N) is 2. The number of pyridine rings is 1. The molecule has 3 N–H and O–H groups in total. The van der Waals surface area contributed by atoms with Gasteiger partial charge in [-0.1, -0.05) is 61.2 Å². The molecule has 4 aromatic rings. The molecule has 1 atom stereocenters. The number of carbonyl (C=O) groups is 2. The van der Waals surface area contributed by atoms with Crippen LogP contribution in [-0.2, 0) is 4.79 Å². The molecule has 0 bridgehead atoms. The molecule has 0 radical (unpaired) electrons. The van der Waals surface area contributed by atoms with Gasteiger partial charge in [-0.3, -0.25) is 9.59 Å². The van der Waals surface area contributed by atoms with Gasteiger partial charge in [0.25, 0.3) is 5.91 Å². The van der Waals surface area contributed by atoms with Crippen LogP contribution >= 0.6 is 11.8 Å². The molecule has 0 spiro atoms. The van der Waals surface area contributed by atoms with Crippen LogP contribution in [0.2, 0.25) is 0 Å². The summed E-state index contributed by atoms with van der Waals surface area (Å²) in [5, 5.41) is 13.0. The number of rotatable bonds is 11. The summed E-state index contributed by atoms with van der Waals surface area (Å²) in [4.78, 5) is 30.2. The van der Waals surface area contributed by atoms with Gasteiger partial charge in [-0.25, -0.2) is 4.98 Å². The Morgan fingerprint density at radius 2 is 1.60 bits per heavy atom. The molecule has 0 aliphatic carbocycles. The predicted octanol–water partition coefficient (Wildman–Crippen LogP) is 5.92. The Kier molecular flexibility index (Phi) is 9.68. The number of para-hydroxylation sites is 1. The van der Waals surface area contributed by atoms with Gasteiger partial charge >= 0.3 is 0 Å². The summed E-state index contributed by atoms with van der Waals surface area (Å²) >= 11 is 1.18. The molecule has 0 saturated heterocycles. The highest BCUT2D eigenvalue weighted by atomic mass is 32.2. The van der Waals surface area contributed by atoms with Crippen LogP contribution in [0.1, 0.15) is 29.3 Å². The fourth-order valence-electron chi connectivity index (χ4n) is 4.41. The fourth-order valence-corrected chi connectivity index (χ4v) is 5.44. The second-order valence-corrected chi connectivity index (χ2v) is 10.2. The third kappa shape index (κ3) is 6.32. The van der Waals surface area contributed by atoms with Crippen molar-refractivity contribution in [2.24, 2.45) is 5.73 Å². The third-order valence-electron chi connectivity index (χ3n) is 6.51. The van der Waals surface area contributed by atoms with Crippen LogP contribution in [0.4, 0.5) is 5.69 Å². The molecule has 3 aromatic carbocycles. The van der Waals surface area contributed by atoms with Crippen molar-refractivity contribution in [1.29, 1.82) is 5.26 Å². The van der Waals surface area contributed by atoms with Crippen molar-refractivity contribution in [3.8, 4) is 45.7 Å². The molecular formula is C32H30N4O5S. The summed E-state index contributed by atoms with van der Waals surface area (Å²) in [6.45, 7) is 1.87. The largest absolute Gasteiger partial charge is 0.493 e. The number of aromatic nitrogens is 1. The van der Waals surface area contributed by atoms with E-state index in [0.29, 0.717) is 51.2 Å². The van der Waals surface area contributed by atoms with E-state index >= 15 is 0 Å². The first-order valence-electron chi connectivity index (χ1n) is 13.0. The first kappa shape index (κ1) is 30.0. The van der Waals surface area contributed by atoms with Crippen molar-refractivity contribution in [2.45, 2.75) is 23.6 Å². The molecule has 42 heavy (non-hydrogen) atoms. The molecule has 4 rings (SSSR count). The maximum absolute atomic E-state index is 13.4. The smallest absolute Gasteiger partial charge is 0.250 e. The van der Waals surface area contributed by atoms with Crippen molar-refractivity contribution >= 4 is 29.3 Å². The van der Waals surface area contributed by atoms with E-state index in [2.05, 4.69) is 11.4 Å². The summed E-state index contributed by atoms with van der Waals surface area (Å²) in [5.74, 6) is 0.295. The van der Waals surface area contributed by atoms with Crippen molar-refractivity contribution < 1.29 is 23.8 Å². The van der Waals surface area contributed by atoms with Gasteiger partial charge in [-0.2, -0.15) is 5.26 Å². The van der Waals surface area contributed by atoms with Gasteiger partial charge in [0.15, 0.2) is 11.5 Å². The number of benzene rings is 3. The van der Waals surface area contributed by atoms with E-state index in [9.17, 15) is 14.9 Å². The van der Waals surface area contributed by atoms with Crippen molar-refractivity contribution in [1.82, 2.24) is 4.98 Å². The average Bonchev–Trinajstić information content (AvgIpc) is 3.02. The van der Waals surface area contributed by atoms with Crippen molar-refractivity contribution in [2.75, 3.05) is 26.6 Å². The number of amides is 2. The first-order chi connectivity index (χ1) is 20.3. The zero-order valence-electron chi connectivity index (χ0n) is 23.6. The summed E-state index contributed by atoms with van der Waals surface area (Å²) in [6, 6.07) is 23.8. The maximum Gasteiger partial charge on any atom is 0.250 e. The van der Waals surface area contributed by atoms with Crippen LogP contribution in [0.25, 0.3) is 22.4 Å². The summed E-state index contributed by atoms with van der Waals surface area (Å²) in [5.41, 5.74) is 9.00. The number of nitriles is 1. The molecule has 2 amide bonds. The Morgan fingerprint density at radius 1 is 0.952 bits per heavy atom. The van der Waals surface area contributed by atoms with Crippen LogP contribution in [0, 0.1) is 11.3 Å². The van der Waals surface area contributed by atoms with E-state index in [4.69, 9.17) is 24.9 Å². The predicted molar refractivity (Wildman–Crippen MR) is 163 cm³/mol. The van der Waals surface area contributed by atoms with Crippen LogP contribution in [-0.4, -0.2) is 43.4 Å². The molecule has 1 heterocycles. The SMILES string of the molecule is CCC(Sc1nc(-c2ccccc2)cc(-c2cc(OC)c(OC)c(OC)c2)c1C#N)C(=O)Nc1ccccc1C(N)=O. The summed E-state index contributed by atoms with van der Waals surface area (Å²) in [6.07, 6.45) is 0.427. The highest BCUT2D eigenvalue weighted by Crippen LogP contribution is 2.44. The van der Waals surface area contributed by atoms with E-state index < -0.39 is 11.2 Å². The van der Waals surface area contributed by atoms with Crippen molar-refractivity contribution in [3.05, 3.63) is 83.9 Å². The van der Waals surface area contributed by atoms with Crippen molar-refractivity contribution in [3.63, 3.8) is 0 Å². The average molecular weight is 583 g/mol. The van der Waals surface area contributed by atoms with Gasteiger partial charge in [0.05, 0.1) is 49.1 Å². The molecule has 0 saturated carbocycles. The number of hydrogen-bond donors (Lipinski definition) is 2. The molecule has 10 heteroatoms. The number of anilines is 1. The minimum Gasteiger partial charge on any atom is -0.493 e. The van der Waals surface area contributed by atoms with E-state index in [1.807, 2.05) is 43.3 Å². The Balaban J connectivity index is 1.84. The Labute approximate surface area is 248 Å². The molecule has 1 aromatic heterocycles. The van der Waals surface area contributed by atoms with E-state index in [-0.39, 0.29) is 17.0 Å². The lowest BCUT2D eigenvalue weighted by Crippen LogP contribution is -2.26. The standard InChI is InChI=1S/C32H30N4O5S/c1-5-28(31(38)35-24-14-10-9-13-21(24)30(34)37)42-32-23(18-33)22(17-25(36-32)19-11-7-6-8-12-19)20-15-26(39-2)29(41-4)27(16-20)40-3/h6-17,28H,5H2,1-4H3,(H2,34,37)(H,35,38). The first-order valence-corrected chi connectivity index (χ1v) is 13.9. The zero-order valence-corrected chi connectivity index (χ0v) is 24.5. The molecule has 0 aliphatic heterocycles. The maximum atomic E-state index is 13.4. The quantitative estimate of drug-likeness (QED) is 0.208. The minimum absolute atomic E-state index is 0.206. The molecule has 0 aliphatic rings. The normalized spacial score (nSPS) is 11.2. The highest BCUT2D eigenvalue weighted by Gasteiger charge is 2.25. The number of primary amides is 1. The van der Waals surface area contributed by atoms with E-state index in [1.54, 1.807) is 36.4 Å². The second kappa shape index (κ2) is 13.6. The second-order valence-electron chi connectivity index (χ2n) is 9.04. The monoisotopic (exact) mass is 582 g/mol. The molecule has 0 fully saturated rings. The molecular weight excluding hydrogens is 552 g/mol. The van der Waals surface area contributed by atoms with Gasteiger partial charge in [0.2, 0.25) is 11.7 Å². The fraction of sp³-hybridized carbons (Fsp3) is 0.188. The Morgan fingerprint density at radius 3 is 2.17 bits per heavy atom. The lowest BCUT2D eigenvalue weighted by Gasteiger charge is -2.19. The molecule has 214 valence electrons. The number of ether oxygens (including phenoxy) is 3. The Bertz CT molecular complexity index is 1630. The van der Waals surface area contributed by atoms with Gasteiger partial charge in [0.1, 0.15) is 11.1 Å². The number of carbonyl (C=O) groups excluding carboxylic acids is 2. The lowest BCUT2D eigenvalue weighted by molar-refractivity contribution is -0.115. The molecule has 1 unspecified atom stereocenters. The number of nitrogens with one attached hydrogen (secondary N) is 1. The third-order valence-corrected chi connectivity index (χ3v) is 7.86. The van der Waals surface area contributed by atoms with Gasteiger partial charge in [-0.15, -0.1) is 0 Å². The topological polar surface area (TPSA) is 137 Å². The minimum atomic E-state index is -0.648. The van der Waals surface area contributed by atoms with Crippen LogP contribution < -0.4 is 25.3 Å². The molecule has 9 nitrogen and oxygen atoms in total. The number of nitrogens with two attached hydrogens (primary N) is 1. The van der Waals surface area contributed by atoms with Crippen LogP contribution in [0.3, 0.4) is 0 Å². The summed E-state index contributed by atoms with van der Waals surface area (Å²) < 4.78 is 16.6. The van der Waals surface area contributed by atoms with Gasteiger partial charge < -0.3 is 25.3 Å². The number of thioether (sulfide) groups is 1.